The first kappa shape index (κ1) is 22.7. The van der Waals surface area contributed by atoms with Gasteiger partial charge in [0.1, 0.15) is 12.3 Å². The normalized spacial score (nSPS) is 14.4. The molecule has 0 aliphatic carbocycles. The van der Waals surface area contributed by atoms with Crippen molar-refractivity contribution in [3.05, 3.63) is 53.1 Å². The number of hydrogen-bond acceptors (Lipinski definition) is 5. The number of carboxylic acids is 1. The predicted molar refractivity (Wildman–Crippen MR) is 120 cm³/mol. The van der Waals surface area contributed by atoms with Crippen LogP contribution >= 0.6 is 11.8 Å². The van der Waals surface area contributed by atoms with Gasteiger partial charge in [-0.1, -0.05) is 12.1 Å². The van der Waals surface area contributed by atoms with Crippen molar-refractivity contribution in [2.75, 3.05) is 17.7 Å². The Hall–Kier alpha value is -3.00. The summed E-state index contributed by atoms with van der Waals surface area (Å²) in [7, 11) is 0. The number of carbonyl (C=O) groups is 3. The van der Waals surface area contributed by atoms with Crippen LogP contribution in [0.4, 0.5) is 10.5 Å². The number of amides is 3. The van der Waals surface area contributed by atoms with Crippen molar-refractivity contribution in [2.24, 2.45) is 0 Å². The van der Waals surface area contributed by atoms with Crippen LogP contribution in [0.5, 0.6) is 5.75 Å². The highest BCUT2D eigenvalue weighted by Crippen LogP contribution is 2.30. The molecule has 1 saturated heterocycles. The minimum Gasteiger partial charge on any atom is -0.478 e. The lowest BCUT2D eigenvalue weighted by Gasteiger charge is -2.25. The van der Waals surface area contributed by atoms with Gasteiger partial charge in [-0.15, -0.1) is 11.8 Å². The molecule has 1 fully saturated rings. The van der Waals surface area contributed by atoms with Crippen LogP contribution in [0.25, 0.3) is 0 Å². The van der Waals surface area contributed by atoms with Crippen LogP contribution in [0.1, 0.15) is 30.5 Å². The van der Waals surface area contributed by atoms with Gasteiger partial charge in [-0.2, -0.15) is 0 Å². The highest BCUT2D eigenvalue weighted by atomic mass is 32.2. The Labute approximate surface area is 186 Å². The van der Waals surface area contributed by atoms with Gasteiger partial charge in [-0.25, -0.2) is 9.59 Å². The molecule has 1 aliphatic rings. The highest BCUT2D eigenvalue weighted by Gasteiger charge is 2.37. The predicted octanol–water partition coefficient (Wildman–Crippen LogP) is 4.24. The second kappa shape index (κ2) is 8.63. The number of hydrogen-bond donors (Lipinski definition) is 1. The fourth-order valence-corrected chi connectivity index (χ4v) is 3.84. The van der Waals surface area contributed by atoms with Crippen LogP contribution in [0.2, 0.25) is 0 Å². The van der Waals surface area contributed by atoms with Crippen molar-refractivity contribution in [1.29, 1.82) is 0 Å². The standard InChI is InChI=1S/C23H26N2O5S/c1-14-10-16(11-15(2)20(14)30-23(3,4)21(27)28)12-25-19(26)13-24(22(25)29)17-6-8-18(31-5)9-7-17/h6-11H,12-13H2,1-5H3,(H,27,28). The van der Waals surface area contributed by atoms with Gasteiger partial charge < -0.3 is 9.84 Å². The lowest BCUT2D eigenvalue weighted by atomic mass is 10.0. The van der Waals surface area contributed by atoms with E-state index in [1.807, 2.05) is 56.5 Å². The van der Waals surface area contributed by atoms with Crippen molar-refractivity contribution in [2.45, 2.75) is 44.7 Å². The Morgan fingerprint density at radius 3 is 2.23 bits per heavy atom. The summed E-state index contributed by atoms with van der Waals surface area (Å²) in [5, 5.41) is 9.32. The molecule has 0 bridgehead atoms. The zero-order chi connectivity index (χ0) is 22.9. The zero-order valence-corrected chi connectivity index (χ0v) is 19.1. The van der Waals surface area contributed by atoms with Gasteiger partial charge in [0.25, 0.3) is 5.91 Å². The number of benzene rings is 2. The minimum atomic E-state index is -1.37. The Kier molecular flexibility index (Phi) is 6.31. The topological polar surface area (TPSA) is 87.2 Å². The number of aliphatic carboxylic acids is 1. The van der Waals surface area contributed by atoms with E-state index >= 15 is 0 Å². The molecule has 3 rings (SSSR count). The lowest BCUT2D eigenvalue weighted by molar-refractivity contribution is -0.152. The molecule has 0 saturated carbocycles. The Morgan fingerprint density at radius 1 is 1.13 bits per heavy atom. The molecular formula is C23H26N2O5S. The minimum absolute atomic E-state index is 0.00338. The van der Waals surface area contributed by atoms with Crippen LogP contribution in [0, 0.1) is 13.8 Å². The average molecular weight is 443 g/mol. The molecule has 1 N–H and O–H groups in total. The summed E-state index contributed by atoms with van der Waals surface area (Å²) < 4.78 is 5.73. The second-order valence-corrected chi connectivity index (χ2v) is 8.90. The van der Waals surface area contributed by atoms with Crippen LogP contribution in [-0.4, -0.2) is 46.3 Å². The molecule has 0 radical (unpaired) electrons. The number of anilines is 1. The summed E-state index contributed by atoms with van der Waals surface area (Å²) in [6, 6.07) is 10.8. The fraction of sp³-hybridized carbons (Fsp3) is 0.348. The third-order valence-electron chi connectivity index (χ3n) is 5.17. The summed E-state index contributed by atoms with van der Waals surface area (Å²) in [6.45, 7) is 6.76. The van der Waals surface area contributed by atoms with E-state index in [9.17, 15) is 19.5 Å². The molecule has 0 atom stereocenters. The quantitative estimate of drug-likeness (QED) is 0.510. The van der Waals surface area contributed by atoms with E-state index in [0.717, 1.165) is 21.6 Å². The maximum absolute atomic E-state index is 12.9. The first-order chi connectivity index (χ1) is 14.5. The van der Waals surface area contributed by atoms with Crippen molar-refractivity contribution in [1.82, 2.24) is 4.90 Å². The van der Waals surface area contributed by atoms with Gasteiger partial charge in [0.2, 0.25) is 0 Å². The van der Waals surface area contributed by atoms with E-state index in [2.05, 4.69) is 0 Å². The average Bonchev–Trinajstić information content (AvgIpc) is 2.99. The van der Waals surface area contributed by atoms with Gasteiger partial charge in [-0.05, 0) is 74.9 Å². The van der Waals surface area contributed by atoms with Crippen LogP contribution < -0.4 is 9.64 Å². The first-order valence-corrected chi connectivity index (χ1v) is 11.0. The van der Waals surface area contributed by atoms with Gasteiger partial charge in [0.15, 0.2) is 5.60 Å². The molecule has 7 nitrogen and oxygen atoms in total. The van der Waals surface area contributed by atoms with Gasteiger partial charge >= 0.3 is 12.0 Å². The van der Waals surface area contributed by atoms with Crippen LogP contribution in [0.15, 0.2) is 41.3 Å². The summed E-state index contributed by atoms with van der Waals surface area (Å²) >= 11 is 1.61. The molecule has 31 heavy (non-hydrogen) atoms. The molecule has 3 amide bonds. The molecule has 1 heterocycles. The number of ether oxygens (including phenoxy) is 1. The van der Waals surface area contributed by atoms with E-state index < -0.39 is 11.6 Å². The molecule has 8 heteroatoms. The summed E-state index contributed by atoms with van der Waals surface area (Å²) in [5.74, 6) is -0.832. The van der Waals surface area contributed by atoms with Crippen LogP contribution in [-0.2, 0) is 16.1 Å². The number of rotatable bonds is 7. The number of nitrogens with zero attached hydrogens (tertiary/aromatic N) is 2. The number of carboxylic acid groups (broad SMARTS) is 1. The third-order valence-corrected chi connectivity index (χ3v) is 5.92. The fourth-order valence-electron chi connectivity index (χ4n) is 3.43. The summed E-state index contributed by atoms with van der Waals surface area (Å²) in [4.78, 5) is 40.7. The second-order valence-electron chi connectivity index (χ2n) is 8.02. The number of thioether (sulfide) groups is 1. The maximum Gasteiger partial charge on any atom is 0.347 e. The summed E-state index contributed by atoms with van der Waals surface area (Å²) in [5.41, 5.74) is 1.58. The number of aryl methyl sites for hydroxylation is 2. The molecule has 0 aromatic heterocycles. The summed E-state index contributed by atoms with van der Waals surface area (Å²) in [6.07, 6.45) is 1.98. The largest absolute Gasteiger partial charge is 0.478 e. The Bertz CT molecular complexity index is 1010. The zero-order valence-electron chi connectivity index (χ0n) is 18.3. The van der Waals surface area contributed by atoms with Gasteiger partial charge in [-0.3, -0.25) is 14.6 Å². The molecule has 1 aliphatic heterocycles. The van der Waals surface area contributed by atoms with Crippen molar-refractivity contribution in [3.63, 3.8) is 0 Å². The van der Waals surface area contributed by atoms with Crippen LogP contribution in [0.3, 0.4) is 0 Å². The first-order valence-electron chi connectivity index (χ1n) is 9.82. The monoisotopic (exact) mass is 442 g/mol. The Morgan fingerprint density at radius 2 is 1.71 bits per heavy atom. The smallest absolute Gasteiger partial charge is 0.347 e. The Balaban J connectivity index is 1.79. The third kappa shape index (κ3) is 4.69. The molecule has 164 valence electrons. The number of imide groups is 1. The van der Waals surface area contributed by atoms with E-state index in [0.29, 0.717) is 11.4 Å². The van der Waals surface area contributed by atoms with Crippen molar-refractivity contribution < 1.29 is 24.2 Å². The van der Waals surface area contributed by atoms with E-state index in [-0.39, 0.29) is 25.0 Å². The maximum atomic E-state index is 12.9. The molecule has 0 unspecified atom stereocenters. The van der Waals surface area contributed by atoms with E-state index in [4.69, 9.17) is 4.74 Å². The highest BCUT2D eigenvalue weighted by molar-refractivity contribution is 7.98. The SMILES string of the molecule is CSc1ccc(N2CC(=O)N(Cc3cc(C)c(OC(C)(C)C(=O)O)c(C)c3)C2=O)cc1. The van der Waals surface area contributed by atoms with E-state index in [1.165, 1.54) is 23.6 Å². The number of carbonyl (C=O) groups excluding carboxylic acids is 2. The number of urea groups is 1. The molecule has 0 spiro atoms. The molecule has 2 aromatic rings. The molecule has 2 aromatic carbocycles. The van der Waals surface area contributed by atoms with Crippen molar-refractivity contribution >= 4 is 35.4 Å². The van der Waals surface area contributed by atoms with Gasteiger partial charge in [0.05, 0.1) is 6.54 Å². The van der Waals surface area contributed by atoms with E-state index in [1.54, 1.807) is 11.8 Å². The van der Waals surface area contributed by atoms with Crippen molar-refractivity contribution in [3.8, 4) is 5.75 Å². The molecular weight excluding hydrogens is 416 g/mol. The lowest BCUT2D eigenvalue weighted by Crippen LogP contribution is -2.38. The van der Waals surface area contributed by atoms with Gasteiger partial charge in [0, 0.05) is 10.6 Å².